The number of hydrogen-bond donors (Lipinski definition) is 1. The molecule has 0 saturated heterocycles. The molecule has 1 amide bonds. The predicted octanol–water partition coefficient (Wildman–Crippen LogP) is 3.26. The van der Waals surface area contributed by atoms with Crippen LogP contribution in [0, 0.1) is 20.8 Å². The maximum atomic E-state index is 12.3. The Morgan fingerprint density at radius 2 is 1.60 bits per heavy atom. The van der Waals surface area contributed by atoms with E-state index < -0.39 is 18.0 Å². The molecule has 0 saturated carbocycles. The van der Waals surface area contributed by atoms with Gasteiger partial charge in [-0.3, -0.25) is 4.79 Å². The van der Waals surface area contributed by atoms with E-state index in [1.54, 1.807) is 26.4 Å². The van der Waals surface area contributed by atoms with Gasteiger partial charge in [0.05, 0.1) is 14.2 Å². The summed E-state index contributed by atoms with van der Waals surface area (Å²) in [5.74, 6) is 0.823. The molecule has 0 fully saturated rings. The second-order valence-corrected chi connectivity index (χ2v) is 7.06. The van der Waals surface area contributed by atoms with Crippen LogP contribution in [0.5, 0.6) is 17.2 Å². The fourth-order valence-electron chi connectivity index (χ4n) is 3.13. The first-order valence-electron chi connectivity index (χ1n) is 9.64. The van der Waals surface area contributed by atoms with Crippen molar-refractivity contribution in [2.75, 3.05) is 20.8 Å². The molecule has 7 heteroatoms. The summed E-state index contributed by atoms with van der Waals surface area (Å²) in [5.41, 5.74) is 3.84. The third kappa shape index (κ3) is 6.14. The van der Waals surface area contributed by atoms with E-state index in [9.17, 15) is 9.59 Å². The first-order chi connectivity index (χ1) is 14.2. The molecule has 162 valence electrons. The molecule has 0 aliphatic heterocycles. The Balaban J connectivity index is 1.84. The third-order valence-corrected chi connectivity index (χ3v) is 4.53. The molecule has 2 aromatic carbocycles. The van der Waals surface area contributed by atoms with Crippen molar-refractivity contribution in [3.63, 3.8) is 0 Å². The second-order valence-electron chi connectivity index (χ2n) is 7.06. The Kier molecular flexibility index (Phi) is 8.09. The molecule has 1 atom stereocenters. The summed E-state index contributed by atoms with van der Waals surface area (Å²) < 4.78 is 21.2. The number of aryl methyl sites for hydroxylation is 3. The van der Waals surface area contributed by atoms with Gasteiger partial charge < -0.3 is 24.3 Å². The minimum Gasteiger partial charge on any atom is -0.493 e. The van der Waals surface area contributed by atoms with Crippen LogP contribution in [0.4, 0.5) is 0 Å². The van der Waals surface area contributed by atoms with Crippen molar-refractivity contribution in [1.82, 2.24) is 5.32 Å². The van der Waals surface area contributed by atoms with Crippen LogP contribution in [0.1, 0.15) is 29.2 Å². The first-order valence-corrected chi connectivity index (χ1v) is 9.64. The van der Waals surface area contributed by atoms with Gasteiger partial charge in [-0.15, -0.1) is 0 Å². The summed E-state index contributed by atoms with van der Waals surface area (Å²) in [6, 6.07) is 9.32. The number of carbonyl (C=O) groups excluding carboxylic acids is 2. The number of nitrogens with one attached hydrogen (secondary N) is 1. The average molecular weight is 415 g/mol. The van der Waals surface area contributed by atoms with Crippen LogP contribution in [0.3, 0.4) is 0 Å². The van der Waals surface area contributed by atoms with Gasteiger partial charge >= 0.3 is 5.97 Å². The molecule has 2 rings (SSSR count). The van der Waals surface area contributed by atoms with E-state index in [1.807, 2.05) is 39.0 Å². The lowest BCUT2D eigenvalue weighted by Gasteiger charge is -2.16. The smallest absolute Gasteiger partial charge is 0.344 e. The van der Waals surface area contributed by atoms with Gasteiger partial charge in [-0.2, -0.15) is 0 Å². The van der Waals surface area contributed by atoms with Crippen molar-refractivity contribution < 1.29 is 28.5 Å². The van der Waals surface area contributed by atoms with Crippen molar-refractivity contribution in [2.24, 2.45) is 0 Å². The SMILES string of the molecule is COc1ccc(CNC(=O)[C@H](C)OC(=O)COc2c(C)cc(C)cc2C)cc1OC. The highest BCUT2D eigenvalue weighted by Crippen LogP contribution is 2.27. The molecule has 0 heterocycles. The zero-order chi connectivity index (χ0) is 22.3. The van der Waals surface area contributed by atoms with Crippen LogP contribution in [-0.4, -0.2) is 38.8 Å². The number of amides is 1. The van der Waals surface area contributed by atoms with Crippen molar-refractivity contribution in [2.45, 2.75) is 40.3 Å². The van der Waals surface area contributed by atoms with E-state index in [2.05, 4.69) is 5.32 Å². The molecule has 0 aromatic heterocycles. The summed E-state index contributed by atoms with van der Waals surface area (Å²) in [7, 11) is 3.10. The molecule has 2 aromatic rings. The lowest BCUT2D eigenvalue weighted by Crippen LogP contribution is -2.36. The van der Waals surface area contributed by atoms with Gasteiger partial charge in [0.15, 0.2) is 24.2 Å². The normalized spacial score (nSPS) is 11.4. The van der Waals surface area contributed by atoms with Gasteiger partial charge in [-0.1, -0.05) is 23.8 Å². The maximum absolute atomic E-state index is 12.3. The van der Waals surface area contributed by atoms with E-state index >= 15 is 0 Å². The lowest BCUT2D eigenvalue weighted by atomic mass is 10.1. The van der Waals surface area contributed by atoms with E-state index in [-0.39, 0.29) is 13.2 Å². The highest BCUT2D eigenvalue weighted by atomic mass is 16.6. The van der Waals surface area contributed by atoms with Crippen molar-refractivity contribution >= 4 is 11.9 Å². The van der Waals surface area contributed by atoms with Gasteiger partial charge in [0.25, 0.3) is 5.91 Å². The predicted molar refractivity (Wildman–Crippen MR) is 113 cm³/mol. The summed E-state index contributed by atoms with van der Waals surface area (Å²) in [6.45, 7) is 7.36. The Hall–Kier alpha value is -3.22. The average Bonchev–Trinajstić information content (AvgIpc) is 2.70. The highest BCUT2D eigenvalue weighted by molar-refractivity contribution is 5.83. The van der Waals surface area contributed by atoms with Crippen molar-refractivity contribution in [3.05, 3.63) is 52.6 Å². The Morgan fingerprint density at radius 1 is 0.967 bits per heavy atom. The minimum atomic E-state index is -0.943. The number of carbonyl (C=O) groups is 2. The number of esters is 1. The first kappa shape index (κ1) is 23.1. The summed E-state index contributed by atoms with van der Waals surface area (Å²) >= 11 is 0. The highest BCUT2D eigenvalue weighted by Gasteiger charge is 2.19. The van der Waals surface area contributed by atoms with E-state index in [0.717, 1.165) is 22.3 Å². The molecule has 0 radical (unpaired) electrons. The van der Waals surface area contributed by atoms with Crippen LogP contribution in [0.2, 0.25) is 0 Å². The number of ether oxygens (including phenoxy) is 4. The third-order valence-electron chi connectivity index (χ3n) is 4.53. The minimum absolute atomic E-state index is 0.263. The molecular weight excluding hydrogens is 386 g/mol. The van der Waals surface area contributed by atoms with E-state index in [0.29, 0.717) is 17.2 Å². The monoisotopic (exact) mass is 415 g/mol. The molecule has 0 bridgehead atoms. The molecule has 0 aliphatic rings. The lowest BCUT2D eigenvalue weighted by molar-refractivity contribution is -0.156. The van der Waals surface area contributed by atoms with Crippen LogP contribution in [0.25, 0.3) is 0 Å². The van der Waals surface area contributed by atoms with Gasteiger partial charge in [-0.05, 0) is 56.5 Å². The van der Waals surface area contributed by atoms with Crippen molar-refractivity contribution in [3.8, 4) is 17.2 Å². The molecule has 0 spiro atoms. The number of rotatable bonds is 9. The number of benzene rings is 2. The molecule has 30 heavy (non-hydrogen) atoms. The zero-order valence-corrected chi connectivity index (χ0v) is 18.3. The van der Waals surface area contributed by atoms with Crippen LogP contribution >= 0.6 is 0 Å². The number of hydrogen-bond acceptors (Lipinski definition) is 6. The quantitative estimate of drug-likeness (QED) is 0.633. The molecule has 7 nitrogen and oxygen atoms in total. The Morgan fingerprint density at radius 3 is 2.20 bits per heavy atom. The van der Waals surface area contributed by atoms with Gasteiger partial charge in [-0.25, -0.2) is 4.79 Å². The molecule has 0 unspecified atom stereocenters. The van der Waals surface area contributed by atoms with Gasteiger partial charge in [0.1, 0.15) is 5.75 Å². The standard InChI is InChI=1S/C23H29NO6/c1-14-9-15(2)22(16(3)10-14)29-13-21(25)30-17(4)23(26)24-12-18-7-8-19(27-5)20(11-18)28-6/h7-11,17H,12-13H2,1-6H3,(H,24,26)/t17-/m0/s1. The zero-order valence-electron chi connectivity index (χ0n) is 18.3. The largest absolute Gasteiger partial charge is 0.493 e. The van der Waals surface area contributed by atoms with E-state index in [1.165, 1.54) is 6.92 Å². The van der Waals surface area contributed by atoms with Crippen molar-refractivity contribution in [1.29, 1.82) is 0 Å². The Labute approximate surface area is 177 Å². The maximum Gasteiger partial charge on any atom is 0.344 e. The van der Waals surface area contributed by atoms with Crippen LogP contribution < -0.4 is 19.5 Å². The van der Waals surface area contributed by atoms with Crippen LogP contribution in [0.15, 0.2) is 30.3 Å². The van der Waals surface area contributed by atoms with Gasteiger partial charge in [0, 0.05) is 6.54 Å². The molecule has 0 aliphatic carbocycles. The summed E-state index contributed by atoms with van der Waals surface area (Å²) in [6.07, 6.45) is -0.943. The summed E-state index contributed by atoms with van der Waals surface area (Å²) in [4.78, 5) is 24.4. The number of methoxy groups -OCH3 is 2. The Bertz CT molecular complexity index is 886. The topological polar surface area (TPSA) is 83.1 Å². The fourth-order valence-corrected chi connectivity index (χ4v) is 3.13. The van der Waals surface area contributed by atoms with E-state index in [4.69, 9.17) is 18.9 Å². The van der Waals surface area contributed by atoms with Gasteiger partial charge in [0.2, 0.25) is 0 Å². The molecular formula is C23H29NO6. The molecule has 1 N–H and O–H groups in total. The summed E-state index contributed by atoms with van der Waals surface area (Å²) in [5, 5.41) is 2.74. The fraction of sp³-hybridized carbons (Fsp3) is 0.391. The van der Waals surface area contributed by atoms with Crippen LogP contribution in [-0.2, 0) is 20.9 Å². The second kappa shape index (κ2) is 10.5.